The van der Waals surface area contributed by atoms with Crippen LogP contribution in [0.25, 0.3) is 0 Å². The molecule has 4 heteroatoms. The first kappa shape index (κ1) is 17.7. The molecule has 0 spiro atoms. The van der Waals surface area contributed by atoms with E-state index in [0.717, 1.165) is 32.1 Å². The Morgan fingerprint density at radius 2 is 1.16 bits per heavy atom. The summed E-state index contributed by atoms with van der Waals surface area (Å²) in [6.07, 6.45) is 5.95. The fourth-order valence-electron chi connectivity index (χ4n) is 1.90. The van der Waals surface area contributed by atoms with Gasteiger partial charge in [-0.2, -0.15) is 0 Å². The van der Waals surface area contributed by atoms with Gasteiger partial charge in [-0.15, -0.1) is 0 Å². The van der Waals surface area contributed by atoms with Crippen molar-refractivity contribution in [3.8, 4) is 0 Å². The predicted molar refractivity (Wildman–Crippen MR) is 74.7 cm³/mol. The molecule has 0 rings (SSSR count). The van der Waals surface area contributed by atoms with Gasteiger partial charge in [0.25, 0.3) is 0 Å². The lowest BCUT2D eigenvalue weighted by atomic mass is 9.97. The van der Waals surface area contributed by atoms with Crippen molar-refractivity contribution in [1.82, 2.24) is 0 Å². The summed E-state index contributed by atoms with van der Waals surface area (Å²) in [6.45, 7) is 4.14. The topological polar surface area (TPSA) is 52.6 Å². The highest BCUT2D eigenvalue weighted by molar-refractivity contribution is 6.00. The second-order valence-corrected chi connectivity index (χ2v) is 4.50. The molecule has 0 aromatic carbocycles. The van der Waals surface area contributed by atoms with E-state index >= 15 is 0 Å². The van der Waals surface area contributed by atoms with Gasteiger partial charge in [-0.1, -0.05) is 33.1 Å². The first-order valence-corrected chi connectivity index (χ1v) is 7.00. The lowest BCUT2D eigenvalue weighted by molar-refractivity contribution is -0.139. The van der Waals surface area contributed by atoms with Crippen LogP contribution in [0.1, 0.15) is 58.8 Å². The molecular formula is C15H26O4. The average molecular weight is 270 g/mol. The molecule has 0 bridgehead atoms. The highest BCUT2D eigenvalue weighted by Crippen LogP contribution is 2.21. The van der Waals surface area contributed by atoms with Gasteiger partial charge in [0.2, 0.25) is 0 Å². The number of rotatable bonds is 9. The molecule has 19 heavy (non-hydrogen) atoms. The first-order chi connectivity index (χ1) is 9.12. The molecule has 0 atom stereocenters. The molecule has 0 heterocycles. The van der Waals surface area contributed by atoms with Gasteiger partial charge in [-0.3, -0.25) is 0 Å². The maximum absolute atomic E-state index is 11.8. The summed E-state index contributed by atoms with van der Waals surface area (Å²) < 4.78 is 9.58. The Kier molecular flexibility index (Phi) is 9.85. The van der Waals surface area contributed by atoms with Crippen molar-refractivity contribution >= 4 is 11.9 Å². The van der Waals surface area contributed by atoms with Crippen LogP contribution >= 0.6 is 0 Å². The zero-order chi connectivity index (χ0) is 14.7. The van der Waals surface area contributed by atoms with Crippen LogP contribution in [0.3, 0.4) is 0 Å². The second-order valence-electron chi connectivity index (χ2n) is 4.50. The monoisotopic (exact) mass is 270 g/mol. The van der Waals surface area contributed by atoms with Crippen LogP contribution in [0, 0.1) is 0 Å². The van der Waals surface area contributed by atoms with Crippen molar-refractivity contribution in [2.24, 2.45) is 0 Å². The van der Waals surface area contributed by atoms with Crippen LogP contribution in [-0.2, 0) is 19.1 Å². The fraction of sp³-hybridized carbons (Fsp3) is 0.733. The quantitative estimate of drug-likeness (QED) is 0.366. The molecule has 0 amide bonds. The summed E-state index contributed by atoms with van der Waals surface area (Å²) in [7, 11) is 2.69. The van der Waals surface area contributed by atoms with Crippen molar-refractivity contribution in [2.75, 3.05) is 14.2 Å². The van der Waals surface area contributed by atoms with E-state index in [4.69, 9.17) is 9.47 Å². The van der Waals surface area contributed by atoms with Crippen LogP contribution in [-0.4, -0.2) is 26.2 Å². The number of carbonyl (C=O) groups excluding carboxylic acids is 2. The van der Waals surface area contributed by atoms with Crippen LogP contribution in [0.15, 0.2) is 11.1 Å². The third kappa shape index (κ3) is 6.41. The molecular weight excluding hydrogens is 244 g/mol. The standard InChI is InChI=1S/C15H26O4/c1-5-7-9-11-13(15(17)19-4)12(10-8-6-2)14(16)18-3/h5-11H2,1-4H3. The molecule has 0 radical (unpaired) electrons. The summed E-state index contributed by atoms with van der Waals surface area (Å²) in [4.78, 5) is 23.7. The molecule has 0 fully saturated rings. The van der Waals surface area contributed by atoms with Gasteiger partial charge in [0.15, 0.2) is 0 Å². The molecule has 0 aromatic rings. The minimum absolute atomic E-state index is 0.410. The summed E-state index contributed by atoms with van der Waals surface area (Å²) in [5.41, 5.74) is 0.962. The molecule has 0 aromatic heterocycles. The average Bonchev–Trinajstić information content (AvgIpc) is 2.44. The minimum Gasteiger partial charge on any atom is -0.466 e. The number of esters is 2. The van der Waals surface area contributed by atoms with E-state index in [9.17, 15) is 9.59 Å². The van der Waals surface area contributed by atoms with Gasteiger partial charge < -0.3 is 9.47 Å². The van der Waals surface area contributed by atoms with Gasteiger partial charge in [0, 0.05) is 11.1 Å². The van der Waals surface area contributed by atoms with E-state index < -0.39 is 11.9 Å². The van der Waals surface area contributed by atoms with E-state index in [1.54, 1.807) is 0 Å². The fourth-order valence-corrected chi connectivity index (χ4v) is 1.90. The molecule has 0 aliphatic heterocycles. The zero-order valence-corrected chi connectivity index (χ0v) is 12.6. The SMILES string of the molecule is CCCCCC(C(=O)OC)=C(CCCC)C(=O)OC. The number of carbonyl (C=O) groups is 2. The molecule has 0 aliphatic carbocycles. The third-order valence-corrected chi connectivity index (χ3v) is 3.04. The number of unbranched alkanes of at least 4 members (excludes halogenated alkanes) is 3. The number of hydrogen-bond donors (Lipinski definition) is 0. The normalized spacial score (nSPS) is 11.8. The zero-order valence-electron chi connectivity index (χ0n) is 12.6. The van der Waals surface area contributed by atoms with Gasteiger partial charge in [-0.05, 0) is 25.7 Å². The Morgan fingerprint density at radius 1 is 0.737 bits per heavy atom. The van der Waals surface area contributed by atoms with Gasteiger partial charge in [0.05, 0.1) is 14.2 Å². The van der Waals surface area contributed by atoms with Crippen molar-refractivity contribution in [2.45, 2.75) is 58.8 Å². The summed E-state index contributed by atoms with van der Waals surface area (Å²) in [5, 5.41) is 0. The minimum atomic E-state index is -0.412. The predicted octanol–water partition coefficient (Wildman–Crippen LogP) is 3.40. The largest absolute Gasteiger partial charge is 0.466 e. The Bertz CT molecular complexity index is 318. The van der Waals surface area contributed by atoms with Gasteiger partial charge in [-0.25, -0.2) is 9.59 Å². The smallest absolute Gasteiger partial charge is 0.334 e. The Balaban J connectivity index is 5.16. The summed E-state index contributed by atoms with van der Waals surface area (Å²) in [5.74, 6) is -0.821. The Morgan fingerprint density at radius 3 is 1.53 bits per heavy atom. The lowest BCUT2D eigenvalue weighted by Crippen LogP contribution is -2.15. The second kappa shape index (κ2) is 10.6. The maximum atomic E-state index is 11.8. The number of hydrogen-bond acceptors (Lipinski definition) is 4. The van der Waals surface area contributed by atoms with Crippen molar-refractivity contribution in [3.63, 3.8) is 0 Å². The van der Waals surface area contributed by atoms with Crippen molar-refractivity contribution < 1.29 is 19.1 Å². The van der Waals surface area contributed by atoms with E-state index in [1.165, 1.54) is 14.2 Å². The molecule has 110 valence electrons. The van der Waals surface area contributed by atoms with Crippen LogP contribution in [0.2, 0.25) is 0 Å². The van der Waals surface area contributed by atoms with Crippen molar-refractivity contribution in [1.29, 1.82) is 0 Å². The molecule has 0 aliphatic rings. The van der Waals surface area contributed by atoms with E-state index in [0.29, 0.717) is 24.0 Å². The summed E-state index contributed by atoms with van der Waals surface area (Å²) >= 11 is 0. The lowest BCUT2D eigenvalue weighted by Gasteiger charge is -2.12. The van der Waals surface area contributed by atoms with E-state index in [2.05, 4.69) is 6.92 Å². The maximum Gasteiger partial charge on any atom is 0.334 e. The number of methoxy groups -OCH3 is 2. The van der Waals surface area contributed by atoms with Crippen LogP contribution in [0.5, 0.6) is 0 Å². The molecule has 0 saturated heterocycles. The van der Waals surface area contributed by atoms with Crippen molar-refractivity contribution in [3.05, 3.63) is 11.1 Å². The Hall–Kier alpha value is -1.32. The van der Waals surface area contributed by atoms with Crippen LogP contribution in [0.4, 0.5) is 0 Å². The third-order valence-electron chi connectivity index (χ3n) is 3.04. The molecule has 0 N–H and O–H groups in total. The summed E-state index contributed by atoms with van der Waals surface area (Å²) in [6, 6.07) is 0. The Labute approximate surface area is 116 Å². The van der Waals surface area contributed by atoms with E-state index in [1.807, 2.05) is 6.92 Å². The molecule has 0 unspecified atom stereocenters. The first-order valence-electron chi connectivity index (χ1n) is 7.00. The van der Waals surface area contributed by atoms with Crippen LogP contribution < -0.4 is 0 Å². The highest BCUT2D eigenvalue weighted by atomic mass is 16.5. The molecule has 4 nitrogen and oxygen atoms in total. The number of ether oxygens (including phenoxy) is 2. The molecule has 0 saturated carbocycles. The van der Waals surface area contributed by atoms with E-state index in [-0.39, 0.29) is 0 Å². The highest BCUT2D eigenvalue weighted by Gasteiger charge is 2.21. The van der Waals surface area contributed by atoms with Gasteiger partial charge in [0.1, 0.15) is 0 Å². The van der Waals surface area contributed by atoms with Gasteiger partial charge >= 0.3 is 11.9 Å².